The van der Waals surface area contributed by atoms with Crippen molar-refractivity contribution in [3.05, 3.63) is 59.7 Å². The van der Waals surface area contributed by atoms with Gasteiger partial charge in [0, 0.05) is 14.1 Å². The molecule has 0 N–H and O–H groups in total. The van der Waals surface area contributed by atoms with E-state index in [9.17, 15) is 13.2 Å². The SMILES string of the molecule is Cc1ccc(S(=O)(=O)N(CC(=O)N(C)C)c2cccc(C)c2)cc1. The van der Waals surface area contributed by atoms with E-state index in [-0.39, 0.29) is 17.3 Å². The molecule has 0 radical (unpaired) electrons. The standard InChI is InChI=1S/C18H22N2O3S/c1-14-8-10-17(11-9-14)24(22,23)20(13-18(21)19(3)4)16-7-5-6-15(2)12-16/h5-12H,13H2,1-4H3. The zero-order valence-corrected chi connectivity index (χ0v) is 15.2. The van der Waals surface area contributed by atoms with Crippen LogP contribution in [-0.2, 0) is 14.8 Å². The molecule has 0 unspecified atom stereocenters. The quantitative estimate of drug-likeness (QED) is 0.836. The highest BCUT2D eigenvalue weighted by atomic mass is 32.2. The van der Waals surface area contributed by atoms with E-state index in [2.05, 4.69) is 0 Å². The molecule has 0 saturated heterocycles. The number of hydrogen-bond acceptors (Lipinski definition) is 3. The Morgan fingerprint density at radius 1 is 0.958 bits per heavy atom. The van der Waals surface area contributed by atoms with Crippen molar-refractivity contribution in [3.63, 3.8) is 0 Å². The lowest BCUT2D eigenvalue weighted by Gasteiger charge is -2.25. The lowest BCUT2D eigenvalue weighted by molar-refractivity contribution is -0.127. The van der Waals surface area contributed by atoms with Gasteiger partial charge in [0.05, 0.1) is 10.6 Å². The van der Waals surface area contributed by atoms with Crippen molar-refractivity contribution in [1.29, 1.82) is 0 Å². The Morgan fingerprint density at radius 3 is 2.12 bits per heavy atom. The van der Waals surface area contributed by atoms with Crippen LogP contribution in [0.4, 0.5) is 5.69 Å². The number of carbonyl (C=O) groups is 1. The maximum absolute atomic E-state index is 13.1. The topological polar surface area (TPSA) is 57.7 Å². The number of hydrogen-bond donors (Lipinski definition) is 0. The Balaban J connectivity index is 2.52. The number of nitrogens with zero attached hydrogens (tertiary/aromatic N) is 2. The van der Waals surface area contributed by atoms with Gasteiger partial charge in [0.15, 0.2) is 0 Å². The van der Waals surface area contributed by atoms with E-state index in [1.54, 1.807) is 56.6 Å². The van der Waals surface area contributed by atoms with Gasteiger partial charge in [0.1, 0.15) is 6.54 Å². The fourth-order valence-corrected chi connectivity index (χ4v) is 3.61. The molecule has 0 saturated carbocycles. The molecule has 6 heteroatoms. The maximum atomic E-state index is 13.1. The summed E-state index contributed by atoms with van der Waals surface area (Å²) in [6.45, 7) is 3.53. The second kappa shape index (κ2) is 7.05. The van der Waals surface area contributed by atoms with Crippen LogP contribution in [0, 0.1) is 13.8 Å². The summed E-state index contributed by atoms with van der Waals surface area (Å²) < 4.78 is 27.3. The second-order valence-corrected chi connectivity index (χ2v) is 7.81. The molecular formula is C18H22N2O3S. The number of aryl methyl sites for hydroxylation is 2. The van der Waals surface area contributed by atoms with Crippen LogP contribution in [0.15, 0.2) is 53.4 Å². The molecule has 2 rings (SSSR count). The average Bonchev–Trinajstić information content (AvgIpc) is 2.52. The molecule has 0 fully saturated rings. The smallest absolute Gasteiger partial charge is 0.264 e. The third-order valence-corrected chi connectivity index (χ3v) is 5.46. The number of likely N-dealkylation sites (N-methyl/N-ethyl adjacent to an activating group) is 1. The van der Waals surface area contributed by atoms with Crippen LogP contribution in [0.3, 0.4) is 0 Å². The molecule has 2 aromatic rings. The molecule has 1 amide bonds. The third-order valence-electron chi connectivity index (χ3n) is 3.68. The first-order valence-electron chi connectivity index (χ1n) is 7.58. The van der Waals surface area contributed by atoms with Crippen molar-refractivity contribution in [3.8, 4) is 0 Å². The van der Waals surface area contributed by atoms with Gasteiger partial charge in [-0.3, -0.25) is 9.10 Å². The van der Waals surface area contributed by atoms with E-state index >= 15 is 0 Å². The zero-order chi connectivity index (χ0) is 17.9. The first-order chi connectivity index (χ1) is 11.2. The van der Waals surface area contributed by atoms with Gasteiger partial charge < -0.3 is 4.90 Å². The lowest BCUT2D eigenvalue weighted by atomic mass is 10.2. The number of rotatable bonds is 5. The van der Waals surface area contributed by atoms with Gasteiger partial charge in [-0.15, -0.1) is 0 Å². The number of carbonyl (C=O) groups excluding carboxylic acids is 1. The van der Waals surface area contributed by atoms with Crippen LogP contribution in [0.1, 0.15) is 11.1 Å². The highest BCUT2D eigenvalue weighted by Crippen LogP contribution is 2.24. The molecule has 0 heterocycles. The summed E-state index contributed by atoms with van der Waals surface area (Å²) in [5, 5.41) is 0. The molecule has 128 valence electrons. The molecule has 0 aliphatic carbocycles. The first-order valence-corrected chi connectivity index (χ1v) is 9.02. The summed E-state index contributed by atoms with van der Waals surface area (Å²) in [5.74, 6) is -0.285. The van der Waals surface area contributed by atoms with E-state index in [1.807, 2.05) is 19.9 Å². The minimum Gasteiger partial charge on any atom is -0.347 e. The van der Waals surface area contributed by atoms with Gasteiger partial charge in [0.25, 0.3) is 10.0 Å². The van der Waals surface area contributed by atoms with Crippen LogP contribution in [0.25, 0.3) is 0 Å². The predicted octanol–water partition coefficient (Wildman–Crippen LogP) is 2.59. The Morgan fingerprint density at radius 2 is 1.58 bits per heavy atom. The van der Waals surface area contributed by atoms with Crippen molar-refractivity contribution >= 4 is 21.6 Å². The highest BCUT2D eigenvalue weighted by molar-refractivity contribution is 7.92. The van der Waals surface area contributed by atoms with Gasteiger partial charge in [-0.2, -0.15) is 0 Å². The Kier molecular flexibility index (Phi) is 5.29. The largest absolute Gasteiger partial charge is 0.347 e. The van der Waals surface area contributed by atoms with Crippen molar-refractivity contribution in [2.45, 2.75) is 18.7 Å². The van der Waals surface area contributed by atoms with Gasteiger partial charge in [0.2, 0.25) is 5.91 Å². The Bertz CT molecular complexity index is 828. The fraction of sp³-hybridized carbons (Fsp3) is 0.278. The summed E-state index contributed by atoms with van der Waals surface area (Å²) in [4.78, 5) is 13.7. The molecule has 0 aliphatic rings. The fourth-order valence-electron chi connectivity index (χ4n) is 2.20. The van der Waals surface area contributed by atoms with Crippen molar-refractivity contribution in [1.82, 2.24) is 4.90 Å². The molecule has 0 aromatic heterocycles. The van der Waals surface area contributed by atoms with Gasteiger partial charge in [-0.1, -0.05) is 29.8 Å². The monoisotopic (exact) mass is 346 g/mol. The van der Waals surface area contributed by atoms with E-state index < -0.39 is 10.0 Å². The summed E-state index contributed by atoms with van der Waals surface area (Å²) >= 11 is 0. The normalized spacial score (nSPS) is 11.2. The van der Waals surface area contributed by atoms with Crippen LogP contribution >= 0.6 is 0 Å². The lowest BCUT2D eigenvalue weighted by Crippen LogP contribution is -2.40. The molecule has 2 aromatic carbocycles. The molecule has 5 nitrogen and oxygen atoms in total. The van der Waals surface area contributed by atoms with Crippen molar-refractivity contribution < 1.29 is 13.2 Å². The predicted molar refractivity (Wildman–Crippen MR) is 95.6 cm³/mol. The van der Waals surface area contributed by atoms with E-state index in [1.165, 1.54) is 4.90 Å². The maximum Gasteiger partial charge on any atom is 0.264 e. The van der Waals surface area contributed by atoms with E-state index in [0.29, 0.717) is 5.69 Å². The number of amides is 1. The van der Waals surface area contributed by atoms with E-state index in [0.717, 1.165) is 15.4 Å². The molecule has 0 atom stereocenters. The second-order valence-electron chi connectivity index (χ2n) is 5.95. The van der Waals surface area contributed by atoms with Crippen LogP contribution in [-0.4, -0.2) is 39.9 Å². The minimum absolute atomic E-state index is 0.168. The summed E-state index contributed by atoms with van der Waals surface area (Å²) in [6, 6.07) is 13.7. The van der Waals surface area contributed by atoms with Crippen LogP contribution in [0.5, 0.6) is 0 Å². The number of anilines is 1. The van der Waals surface area contributed by atoms with Gasteiger partial charge >= 0.3 is 0 Å². The van der Waals surface area contributed by atoms with Crippen molar-refractivity contribution in [2.24, 2.45) is 0 Å². The van der Waals surface area contributed by atoms with Crippen LogP contribution < -0.4 is 4.31 Å². The molecule has 0 spiro atoms. The van der Waals surface area contributed by atoms with E-state index in [4.69, 9.17) is 0 Å². The molecule has 0 bridgehead atoms. The first kappa shape index (κ1) is 18.0. The molecule has 0 aliphatic heterocycles. The number of benzene rings is 2. The summed E-state index contributed by atoms with van der Waals surface area (Å²) in [6.07, 6.45) is 0. The molecular weight excluding hydrogens is 324 g/mol. The zero-order valence-electron chi connectivity index (χ0n) is 14.4. The minimum atomic E-state index is -3.83. The summed E-state index contributed by atoms with van der Waals surface area (Å²) in [5.41, 5.74) is 2.38. The Labute approximate surface area is 143 Å². The van der Waals surface area contributed by atoms with Crippen LogP contribution in [0.2, 0.25) is 0 Å². The number of sulfonamides is 1. The van der Waals surface area contributed by atoms with Gasteiger partial charge in [-0.25, -0.2) is 8.42 Å². The molecule has 24 heavy (non-hydrogen) atoms. The average molecular weight is 346 g/mol. The van der Waals surface area contributed by atoms with Gasteiger partial charge in [-0.05, 0) is 43.7 Å². The third kappa shape index (κ3) is 3.94. The van der Waals surface area contributed by atoms with Crippen molar-refractivity contribution in [2.75, 3.05) is 24.9 Å². The Hall–Kier alpha value is -2.34. The summed E-state index contributed by atoms with van der Waals surface area (Å²) in [7, 11) is -0.618. The highest BCUT2D eigenvalue weighted by Gasteiger charge is 2.27.